The van der Waals surface area contributed by atoms with E-state index in [4.69, 9.17) is 0 Å². The summed E-state index contributed by atoms with van der Waals surface area (Å²) in [7, 11) is -4.09. The summed E-state index contributed by atoms with van der Waals surface area (Å²) < 4.78 is 41.2. The molecule has 36 heavy (non-hydrogen) atoms. The maximum absolute atomic E-state index is 13.5. The average Bonchev–Trinajstić information content (AvgIpc) is 3.29. The Morgan fingerprint density at radius 2 is 1.67 bits per heavy atom. The number of halogens is 1. The molecule has 1 aliphatic carbocycles. The third kappa shape index (κ3) is 4.59. The number of amides is 1. The Morgan fingerprint density at radius 3 is 2.39 bits per heavy atom. The van der Waals surface area contributed by atoms with Crippen LogP contribution in [0.4, 0.5) is 10.1 Å². The van der Waals surface area contributed by atoms with Gasteiger partial charge in [-0.05, 0) is 78.1 Å². The van der Waals surface area contributed by atoms with Crippen molar-refractivity contribution in [2.75, 3.05) is 10.8 Å². The number of hydrogen-bond acceptors (Lipinski definition) is 4. The van der Waals surface area contributed by atoms with E-state index in [1.54, 1.807) is 18.3 Å². The quantitative estimate of drug-likeness (QED) is 0.294. The summed E-state index contributed by atoms with van der Waals surface area (Å²) in [5, 5.41) is 6.39. The number of rotatable bonds is 7. The Labute approximate surface area is 209 Å². The van der Waals surface area contributed by atoms with Gasteiger partial charge >= 0.3 is 0 Å². The fourth-order valence-corrected chi connectivity index (χ4v) is 5.90. The lowest BCUT2D eigenvalue weighted by Gasteiger charge is -2.23. The average molecular weight is 502 g/mol. The molecule has 0 aliphatic heterocycles. The van der Waals surface area contributed by atoms with Gasteiger partial charge in [-0.3, -0.25) is 9.10 Å². The maximum atomic E-state index is 13.5. The summed E-state index contributed by atoms with van der Waals surface area (Å²) in [6.07, 6.45) is 3.59. The van der Waals surface area contributed by atoms with Crippen molar-refractivity contribution in [2.45, 2.75) is 24.7 Å². The summed E-state index contributed by atoms with van der Waals surface area (Å²) in [6.45, 7) is 1.32. The molecule has 0 aromatic heterocycles. The first-order valence-corrected chi connectivity index (χ1v) is 13.0. The lowest BCUT2D eigenvalue weighted by molar-refractivity contribution is -0.119. The standard InChI is InChI=1S/C28H24FN3O3S/c1-19-5-15-25(16-6-19)36(34,35)32(24-13-11-23(29)12-14-24)18-27(33)31-30-17-22-10-9-21-8-7-20-3-2-4-26(22)28(20)21/h2-6,9-17H,7-8,18H2,1H3,(H,31,33)/b30-17-. The van der Waals surface area contributed by atoms with Crippen molar-refractivity contribution in [1.29, 1.82) is 0 Å². The van der Waals surface area contributed by atoms with E-state index in [1.807, 2.05) is 25.1 Å². The highest BCUT2D eigenvalue weighted by Gasteiger charge is 2.27. The highest BCUT2D eigenvalue weighted by Crippen LogP contribution is 2.32. The van der Waals surface area contributed by atoms with Crippen molar-refractivity contribution in [1.82, 2.24) is 5.43 Å². The number of aryl methyl sites for hydroxylation is 3. The Kier molecular flexibility index (Phi) is 6.28. The minimum atomic E-state index is -4.09. The second-order valence-corrected chi connectivity index (χ2v) is 10.6. The van der Waals surface area contributed by atoms with Crippen LogP contribution in [0, 0.1) is 12.7 Å². The molecule has 4 aromatic carbocycles. The molecule has 0 unspecified atom stereocenters. The first-order valence-electron chi connectivity index (χ1n) is 11.5. The molecule has 6 nitrogen and oxygen atoms in total. The van der Waals surface area contributed by atoms with Gasteiger partial charge in [-0.25, -0.2) is 18.2 Å². The zero-order valence-electron chi connectivity index (χ0n) is 19.6. The molecular weight excluding hydrogens is 477 g/mol. The van der Waals surface area contributed by atoms with Crippen molar-refractivity contribution >= 4 is 38.6 Å². The summed E-state index contributed by atoms with van der Waals surface area (Å²) in [4.78, 5) is 12.8. The molecule has 0 spiro atoms. The van der Waals surface area contributed by atoms with Gasteiger partial charge in [0.15, 0.2) is 0 Å². The predicted molar refractivity (Wildman–Crippen MR) is 139 cm³/mol. The van der Waals surface area contributed by atoms with Crippen LogP contribution in [0.3, 0.4) is 0 Å². The molecular formula is C28H24FN3O3S. The van der Waals surface area contributed by atoms with E-state index in [1.165, 1.54) is 40.8 Å². The van der Waals surface area contributed by atoms with E-state index in [-0.39, 0.29) is 10.6 Å². The lowest BCUT2D eigenvalue weighted by Crippen LogP contribution is -2.39. The predicted octanol–water partition coefficient (Wildman–Crippen LogP) is 4.73. The van der Waals surface area contributed by atoms with Crippen molar-refractivity contribution in [3.63, 3.8) is 0 Å². The van der Waals surface area contributed by atoms with Crippen molar-refractivity contribution < 1.29 is 17.6 Å². The number of hydrogen-bond donors (Lipinski definition) is 1. The molecule has 1 amide bonds. The van der Waals surface area contributed by atoms with Crippen molar-refractivity contribution in [3.8, 4) is 0 Å². The number of carbonyl (C=O) groups excluding carboxylic acids is 1. The lowest BCUT2D eigenvalue weighted by atomic mass is 10.0. The Bertz CT molecular complexity index is 1570. The van der Waals surface area contributed by atoms with Gasteiger partial charge in [0.2, 0.25) is 0 Å². The molecule has 4 aromatic rings. The molecule has 182 valence electrons. The van der Waals surface area contributed by atoms with Gasteiger partial charge in [0.25, 0.3) is 15.9 Å². The molecule has 0 saturated carbocycles. The largest absolute Gasteiger partial charge is 0.271 e. The second kappa shape index (κ2) is 9.54. The number of sulfonamides is 1. The molecule has 8 heteroatoms. The van der Waals surface area contributed by atoms with Crippen LogP contribution in [-0.2, 0) is 27.7 Å². The van der Waals surface area contributed by atoms with Gasteiger partial charge in [-0.2, -0.15) is 5.10 Å². The van der Waals surface area contributed by atoms with Gasteiger partial charge in [0, 0.05) is 5.56 Å². The molecule has 1 aliphatic rings. The Morgan fingerprint density at radius 1 is 0.972 bits per heavy atom. The van der Waals surface area contributed by atoms with E-state index >= 15 is 0 Å². The van der Waals surface area contributed by atoms with Gasteiger partial charge in [-0.15, -0.1) is 0 Å². The summed E-state index contributed by atoms with van der Waals surface area (Å²) in [5.41, 5.74) is 6.97. The number of nitrogens with one attached hydrogen (secondary N) is 1. The van der Waals surface area contributed by atoms with Crippen LogP contribution in [0.2, 0.25) is 0 Å². The van der Waals surface area contributed by atoms with Crippen LogP contribution < -0.4 is 9.73 Å². The van der Waals surface area contributed by atoms with Crippen LogP contribution in [0.1, 0.15) is 22.3 Å². The zero-order valence-corrected chi connectivity index (χ0v) is 20.4. The van der Waals surface area contributed by atoms with Crippen LogP contribution in [0.15, 0.2) is 88.9 Å². The fraction of sp³-hybridized carbons (Fsp3) is 0.143. The van der Waals surface area contributed by atoms with Crippen molar-refractivity contribution in [2.24, 2.45) is 5.10 Å². The first kappa shape index (κ1) is 23.7. The summed E-state index contributed by atoms with van der Waals surface area (Å²) >= 11 is 0. The van der Waals surface area contributed by atoms with Gasteiger partial charge in [0.1, 0.15) is 12.4 Å². The van der Waals surface area contributed by atoms with Crippen LogP contribution >= 0.6 is 0 Å². The first-order chi connectivity index (χ1) is 17.3. The maximum Gasteiger partial charge on any atom is 0.264 e. The smallest absolute Gasteiger partial charge is 0.264 e. The second-order valence-electron chi connectivity index (χ2n) is 8.75. The topological polar surface area (TPSA) is 78.8 Å². The van der Waals surface area contributed by atoms with E-state index in [0.29, 0.717) is 0 Å². The molecule has 0 radical (unpaired) electrons. The number of anilines is 1. The normalized spacial score (nSPS) is 12.8. The van der Waals surface area contributed by atoms with Gasteiger partial charge in [-0.1, -0.05) is 48.0 Å². The third-order valence-corrected chi connectivity index (χ3v) is 8.10. The van der Waals surface area contributed by atoms with E-state index in [0.717, 1.165) is 45.8 Å². The van der Waals surface area contributed by atoms with Crippen LogP contribution in [0.25, 0.3) is 10.8 Å². The van der Waals surface area contributed by atoms with Crippen molar-refractivity contribution in [3.05, 3.63) is 107 Å². The molecule has 5 rings (SSSR count). The SMILES string of the molecule is Cc1ccc(S(=O)(=O)N(CC(=O)N/N=C\c2ccc3c4c(cccc24)CC3)c2ccc(F)cc2)cc1. The molecule has 1 N–H and O–H groups in total. The number of hydrazone groups is 1. The fourth-order valence-electron chi connectivity index (χ4n) is 4.48. The summed E-state index contributed by atoms with van der Waals surface area (Å²) in [6, 6.07) is 21.5. The van der Waals surface area contributed by atoms with E-state index in [2.05, 4.69) is 22.7 Å². The molecule has 0 fully saturated rings. The molecule has 0 atom stereocenters. The van der Waals surface area contributed by atoms with E-state index in [9.17, 15) is 17.6 Å². The minimum Gasteiger partial charge on any atom is -0.271 e. The Hall–Kier alpha value is -4.04. The molecule has 0 heterocycles. The van der Waals surface area contributed by atoms with Gasteiger partial charge < -0.3 is 0 Å². The number of nitrogens with zero attached hydrogens (tertiary/aromatic N) is 2. The molecule has 0 bridgehead atoms. The highest BCUT2D eigenvalue weighted by atomic mass is 32.2. The third-order valence-electron chi connectivity index (χ3n) is 6.31. The van der Waals surface area contributed by atoms with Crippen LogP contribution in [0.5, 0.6) is 0 Å². The monoisotopic (exact) mass is 501 g/mol. The number of carbonyl (C=O) groups is 1. The number of benzene rings is 4. The zero-order chi connectivity index (χ0) is 25.3. The van der Waals surface area contributed by atoms with Gasteiger partial charge in [0.05, 0.1) is 16.8 Å². The highest BCUT2D eigenvalue weighted by molar-refractivity contribution is 7.92. The minimum absolute atomic E-state index is 0.0293. The van der Waals surface area contributed by atoms with E-state index < -0.39 is 28.3 Å². The van der Waals surface area contributed by atoms with Crippen LogP contribution in [-0.4, -0.2) is 27.1 Å². The molecule has 0 saturated heterocycles. The summed E-state index contributed by atoms with van der Waals surface area (Å²) in [5.74, 6) is -1.14. The Balaban J connectivity index is 1.38.